The maximum atomic E-state index is 11.5. The van der Waals surface area contributed by atoms with Crippen molar-refractivity contribution < 1.29 is 9.90 Å². The first-order valence-corrected chi connectivity index (χ1v) is 5.26. The molecule has 0 saturated heterocycles. The van der Waals surface area contributed by atoms with Crippen molar-refractivity contribution in [3.05, 3.63) is 11.1 Å². The van der Waals surface area contributed by atoms with E-state index in [1.807, 2.05) is 0 Å². The normalized spacial score (nSPS) is 25.5. The van der Waals surface area contributed by atoms with E-state index in [4.69, 9.17) is 5.11 Å². The number of aromatic nitrogens is 2. The number of nitrogens with zero attached hydrogens (tertiary/aromatic N) is 2. The van der Waals surface area contributed by atoms with Gasteiger partial charge in [-0.25, -0.2) is 0 Å². The molecule has 14 heavy (non-hydrogen) atoms. The van der Waals surface area contributed by atoms with E-state index in [0.29, 0.717) is 10.8 Å². The Balaban J connectivity index is 1.80. The molecule has 0 spiro atoms. The molecule has 2 N–H and O–H groups in total. The summed E-state index contributed by atoms with van der Waals surface area (Å²) >= 11 is 1.09. The number of carbonyl (C=O) groups excluding carboxylic acids is 1. The third-order valence-electron chi connectivity index (χ3n) is 2.41. The highest BCUT2D eigenvalue weighted by atomic mass is 32.1. The molecule has 0 aliphatic heterocycles. The van der Waals surface area contributed by atoms with E-state index in [2.05, 4.69) is 14.9 Å². The third-order valence-corrected chi connectivity index (χ3v) is 3.08. The SMILES string of the molecule is O=C(NC1CC(CO)C1)c1cnns1. The number of rotatable bonds is 3. The van der Waals surface area contributed by atoms with Crippen molar-refractivity contribution in [2.24, 2.45) is 5.92 Å². The van der Waals surface area contributed by atoms with Crippen molar-refractivity contribution in [3.8, 4) is 0 Å². The molecular weight excluding hydrogens is 202 g/mol. The quantitative estimate of drug-likeness (QED) is 0.743. The summed E-state index contributed by atoms with van der Waals surface area (Å²) < 4.78 is 3.62. The van der Waals surface area contributed by atoms with Gasteiger partial charge in [0.2, 0.25) is 0 Å². The van der Waals surface area contributed by atoms with Crippen LogP contribution in [-0.2, 0) is 0 Å². The number of carbonyl (C=O) groups is 1. The first-order chi connectivity index (χ1) is 6.79. The maximum Gasteiger partial charge on any atom is 0.264 e. The summed E-state index contributed by atoms with van der Waals surface area (Å²) in [7, 11) is 0. The monoisotopic (exact) mass is 213 g/mol. The lowest BCUT2D eigenvalue weighted by molar-refractivity contribution is 0.0836. The standard InChI is InChI=1S/C8H11N3O2S/c12-4-5-1-6(2-5)10-8(13)7-3-9-11-14-7/h3,5-6,12H,1-2,4H2,(H,10,13). The highest BCUT2D eigenvalue weighted by molar-refractivity contribution is 7.07. The fourth-order valence-corrected chi connectivity index (χ4v) is 1.94. The van der Waals surface area contributed by atoms with Gasteiger partial charge in [-0.2, -0.15) is 0 Å². The van der Waals surface area contributed by atoms with E-state index in [9.17, 15) is 4.79 Å². The van der Waals surface area contributed by atoms with E-state index < -0.39 is 0 Å². The van der Waals surface area contributed by atoms with Gasteiger partial charge in [-0.3, -0.25) is 4.79 Å². The molecule has 0 bridgehead atoms. The van der Waals surface area contributed by atoms with Gasteiger partial charge < -0.3 is 10.4 Å². The molecule has 0 radical (unpaired) electrons. The zero-order valence-electron chi connectivity index (χ0n) is 7.51. The van der Waals surface area contributed by atoms with E-state index in [0.717, 1.165) is 24.4 Å². The Morgan fingerprint density at radius 1 is 1.71 bits per heavy atom. The molecule has 1 amide bonds. The fraction of sp³-hybridized carbons (Fsp3) is 0.625. The molecule has 2 rings (SSSR count). The highest BCUT2D eigenvalue weighted by Gasteiger charge is 2.29. The molecule has 0 atom stereocenters. The van der Waals surface area contributed by atoms with Crippen LogP contribution in [0.3, 0.4) is 0 Å². The van der Waals surface area contributed by atoms with Crippen LogP contribution in [0, 0.1) is 5.92 Å². The molecular formula is C8H11N3O2S. The number of hydrogen-bond acceptors (Lipinski definition) is 5. The molecule has 76 valence electrons. The zero-order valence-corrected chi connectivity index (χ0v) is 8.33. The summed E-state index contributed by atoms with van der Waals surface area (Å²) in [6, 6.07) is 0.210. The zero-order chi connectivity index (χ0) is 9.97. The molecule has 1 aromatic heterocycles. The van der Waals surface area contributed by atoms with E-state index in [1.165, 1.54) is 6.20 Å². The smallest absolute Gasteiger partial charge is 0.264 e. The summed E-state index contributed by atoms with van der Waals surface area (Å²) in [5.41, 5.74) is 0. The molecule has 1 fully saturated rings. The number of aliphatic hydroxyl groups is 1. The largest absolute Gasteiger partial charge is 0.396 e. The number of amides is 1. The van der Waals surface area contributed by atoms with Crippen molar-refractivity contribution in [1.29, 1.82) is 0 Å². The maximum absolute atomic E-state index is 11.5. The average molecular weight is 213 g/mol. The second-order valence-corrected chi connectivity index (χ2v) is 4.26. The van der Waals surface area contributed by atoms with Gasteiger partial charge in [-0.05, 0) is 30.3 Å². The van der Waals surface area contributed by atoms with Crippen molar-refractivity contribution in [1.82, 2.24) is 14.9 Å². The fourth-order valence-electron chi connectivity index (χ4n) is 1.53. The first-order valence-electron chi connectivity index (χ1n) is 4.48. The van der Waals surface area contributed by atoms with E-state index in [-0.39, 0.29) is 18.6 Å². The second kappa shape index (κ2) is 4.02. The third kappa shape index (κ3) is 1.91. The average Bonchev–Trinajstić information content (AvgIpc) is 2.62. The summed E-state index contributed by atoms with van der Waals surface area (Å²) in [4.78, 5) is 12.0. The van der Waals surface area contributed by atoms with Crippen molar-refractivity contribution in [2.45, 2.75) is 18.9 Å². The van der Waals surface area contributed by atoms with Gasteiger partial charge in [0.15, 0.2) is 0 Å². The Labute approximate surface area is 85.3 Å². The lowest BCUT2D eigenvalue weighted by Crippen LogP contribution is -2.45. The van der Waals surface area contributed by atoms with Crippen molar-refractivity contribution in [3.63, 3.8) is 0 Å². The van der Waals surface area contributed by atoms with Crippen LogP contribution >= 0.6 is 11.5 Å². The van der Waals surface area contributed by atoms with Gasteiger partial charge in [0.1, 0.15) is 4.88 Å². The van der Waals surface area contributed by atoms with Crippen LogP contribution in [-0.4, -0.2) is 33.2 Å². The Morgan fingerprint density at radius 2 is 2.50 bits per heavy atom. The Bertz CT molecular complexity index is 308. The minimum Gasteiger partial charge on any atom is -0.396 e. The molecule has 1 saturated carbocycles. The van der Waals surface area contributed by atoms with Gasteiger partial charge in [0, 0.05) is 12.6 Å². The topological polar surface area (TPSA) is 75.1 Å². The Kier molecular flexibility index (Phi) is 2.74. The number of nitrogens with one attached hydrogen (secondary N) is 1. The summed E-state index contributed by atoms with van der Waals surface area (Å²) in [6.45, 7) is 0.217. The van der Waals surface area contributed by atoms with Gasteiger partial charge >= 0.3 is 0 Å². The van der Waals surface area contributed by atoms with Crippen LogP contribution < -0.4 is 5.32 Å². The minimum absolute atomic E-state index is 0.110. The number of hydrogen-bond donors (Lipinski definition) is 2. The van der Waals surface area contributed by atoms with Gasteiger partial charge in [0.05, 0.1) is 6.20 Å². The lowest BCUT2D eigenvalue weighted by Gasteiger charge is -2.34. The lowest BCUT2D eigenvalue weighted by atomic mass is 9.81. The molecule has 1 aliphatic rings. The van der Waals surface area contributed by atoms with Gasteiger partial charge in [-0.15, -0.1) is 5.10 Å². The van der Waals surface area contributed by atoms with Gasteiger partial charge in [-0.1, -0.05) is 4.49 Å². The van der Waals surface area contributed by atoms with E-state index in [1.54, 1.807) is 0 Å². The summed E-state index contributed by atoms with van der Waals surface area (Å²) in [5.74, 6) is 0.251. The minimum atomic E-state index is -0.110. The van der Waals surface area contributed by atoms with Gasteiger partial charge in [0.25, 0.3) is 5.91 Å². The van der Waals surface area contributed by atoms with Crippen molar-refractivity contribution in [2.75, 3.05) is 6.61 Å². The van der Waals surface area contributed by atoms with E-state index >= 15 is 0 Å². The first kappa shape index (κ1) is 9.54. The predicted molar refractivity (Wildman–Crippen MR) is 51.0 cm³/mol. The molecule has 1 aliphatic carbocycles. The molecule has 1 heterocycles. The van der Waals surface area contributed by atoms with Crippen LogP contribution in [0.15, 0.2) is 6.20 Å². The summed E-state index contributed by atoms with van der Waals surface area (Å²) in [5, 5.41) is 15.2. The summed E-state index contributed by atoms with van der Waals surface area (Å²) in [6.07, 6.45) is 3.20. The predicted octanol–water partition coefficient (Wildman–Crippen LogP) is 0.0388. The Hall–Kier alpha value is -1.01. The molecule has 0 unspecified atom stereocenters. The molecule has 1 aromatic rings. The van der Waals surface area contributed by atoms with Crippen molar-refractivity contribution >= 4 is 17.4 Å². The number of aliphatic hydroxyl groups excluding tert-OH is 1. The van der Waals surface area contributed by atoms with Crippen LogP contribution in [0.4, 0.5) is 0 Å². The Morgan fingerprint density at radius 3 is 3.07 bits per heavy atom. The highest BCUT2D eigenvalue weighted by Crippen LogP contribution is 2.26. The molecule has 0 aromatic carbocycles. The molecule has 6 heteroatoms. The van der Waals surface area contributed by atoms with Crippen LogP contribution in [0.25, 0.3) is 0 Å². The molecule has 5 nitrogen and oxygen atoms in total. The van der Waals surface area contributed by atoms with Crippen LogP contribution in [0.5, 0.6) is 0 Å². The van der Waals surface area contributed by atoms with Crippen LogP contribution in [0.2, 0.25) is 0 Å². The van der Waals surface area contributed by atoms with Crippen LogP contribution in [0.1, 0.15) is 22.5 Å². The second-order valence-electron chi connectivity index (χ2n) is 3.47.